The molecule has 0 spiro atoms. The van der Waals surface area contributed by atoms with Gasteiger partial charge in [0.2, 0.25) is 5.91 Å². The van der Waals surface area contributed by atoms with Crippen LogP contribution in [0.5, 0.6) is 5.75 Å². The Bertz CT molecular complexity index is 1800. The van der Waals surface area contributed by atoms with Crippen LogP contribution in [0.1, 0.15) is 12.0 Å². The highest BCUT2D eigenvalue weighted by Gasteiger charge is 2.26. The SMILES string of the molecule is COc1cc(F)ccc1S(=O)(=O)Nc1ccc2c(c1)CCN2C(=O)CCn1c(=O)[nH]c(=O)c2ccccc21. The number of methoxy groups -OCH3 is 1. The second kappa shape index (κ2) is 9.78. The minimum Gasteiger partial charge on any atom is -0.495 e. The van der Waals surface area contributed by atoms with Crippen molar-refractivity contribution in [2.75, 3.05) is 23.3 Å². The monoisotopic (exact) mass is 538 g/mol. The molecule has 0 unspecified atom stereocenters. The number of halogens is 1. The van der Waals surface area contributed by atoms with Gasteiger partial charge in [-0.05, 0) is 54.4 Å². The number of aromatic nitrogens is 2. The fourth-order valence-electron chi connectivity index (χ4n) is 4.60. The highest BCUT2D eigenvalue weighted by molar-refractivity contribution is 7.92. The van der Waals surface area contributed by atoms with Gasteiger partial charge in [0, 0.05) is 37.0 Å². The maximum atomic E-state index is 13.5. The number of aromatic amines is 1. The lowest BCUT2D eigenvalue weighted by Gasteiger charge is -2.18. The third-order valence-electron chi connectivity index (χ3n) is 6.40. The number of para-hydroxylation sites is 1. The van der Waals surface area contributed by atoms with Crippen LogP contribution >= 0.6 is 0 Å². The summed E-state index contributed by atoms with van der Waals surface area (Å²) in [6.07, 6.45) is 0.534. The second-order valence-corrected chi connectivity index (χ2v) is 10.4. The number of nitrogens with zero attached hydrogens (tertiary/aromatic N) is 2. The number of amides is 1. The topological polar surface area (TPSA) is 131 Å². The molecule has 0 saturated carbocycles. The summed E-state index contributed by atoms with van der Waals surface area (Å²) < 4.78 is 48.2. The lowest BCUT2D eigenvalue weighted by atomic mass is 10.1. The van der Waals surface area contributed by atoms with Crippen molar-refractivity contribution in [2.45, 2.75) is 24.3 Å². The minimum atomic E-state index is -4.06. The maximum absolute atomic E-state index is 13.5. The normalized spacial score (nSPS) is 12.9. The Labute approximate surface area is 216 Å². The van der Waals surface area contributed by atoms with E-state index in [2.05, 4.69) is 9.71 Å². The number of ether oxygens (including phenoxy) is 1. The summed E-state index contributed by atoms with van der Waals surface area (Å²) >= 11 is 0. The van der Waals surface area contributed by atoms with Gasteiger partial charge in [-0.3, -0.25) is 23.9 Å². The molecule has 3 aromatic carbocycles. The third-order valence-corrected chi connectivity index (χ3v) is 7.82. The zero-order valence-corrected chi connectivity index (χ0v) is 21.0. The van der Waals surface area contributed by atoms with Crippen molar-refractivity contribution < 1.29 is 22.3 Å². The van der Waals surface area contributed by atoms with E-state index in [1.54, 1.807) is 41.3 Å². The standard InChI is InChI=1S/C26H23FN4O6S/c1-37-22-15-17(27)6-9-23(22)38(35,36)29-18-7-8-20-16(14-18)10-12-30(20)24(32)11-13-31-21-5-3-2-4-19(21)25(33)28-26(31)34/h2-9,14-15,29H,10-13H2,1H3,(H,28,33,34). The number of sulfonamides is 1. The molecule has 0 aliphatic carbocycles. The number of H-pyrrole nitrogens is 1. The van der Waals surface area contributed by atoms with Gasteiger partial charge in [0.15, 0.2) is 0 Å². The van der Waals surface area contributed by atoms with E-state index in [0.29, 0.717) is 29.6 Å². The van der Waals surface area contributed by atoms with E-state index in [1.807, 2.05) is 0 Å². The molecule has 1 aliphatic heterocycles. The van der Waals surface area contributed by atoms with Crippen molar-refractivity contribution >= 4 is 38.2 Å². The number of anilines is 2. The molecule has 196 valence electrons. The van der Waals surface area contributed by atoms with Crippen LogP contribution in [0.2, 0.25) is 0 Å². The van der Waals surface area contributed by atoms with Crippen molar-refractivity contribution in [2.24, 2.45) is 0 Å². The molecular formula is C26H23FN4O6S. The lowest BCUT2D eigenvalue weighted by molar-refractivity contribution is -0.118. The molecule has 38 heavy (non-hydrogen) atoms. The van der Waals surface area contributed by atoms with Gasteiger partial charge in [0.05, 0.1) is 18.0 Å². The second-order valence-electron chi connectivity index (χ2n) is 8.72. The lowest BCUT2D eigenvalue weighted by Crippen LogP contribution is -2.34. The van der Waals surface area contributed by atoms with E-state index in [-0.39, 0.29) is 35.2 Å². The van der Waals surface area contributed by atoms with Gasteiger partial charge in [0.1, 0.15) is 16.5 Å². The number of nitrogens with one attached hydrogen (secondary N) is 2. The van der Waals surface area contributed by atoms with Gasteiger partial charge in [-0.2, -0.15) is 0 Å². The van der Waals surface area contributed by atoms with Crippen LogP contribution in [0.4, 0.5) is 15.8 Å². The Kier molecular flexibility index (Phi) is 6.49. The Morgan fingerprint density at radius 2 is 1.89 bits per heavy atom. The summed E-state index contributed by atoms with van der Waals surface area (Å²) in [5.74, 6) is -0.957. The molecule has 0 radical (unpaired) electrons. The molecule has 2 heterocycles. The average molecular weight is 539 g/mol. The van der Waals surface area contributed by atoms with Gasteiger partial charge in [-0.25, -0.2) is 17.6 Å². The quantitative estimate of drug-likeness (QED) is 0.372. The van der Waals surface area contributed by atoms with Crippen molar-refractivity contribution in [3.8, 4) is 5.75 Å². The van der Waals surface area contributed by atoms with Crippen molar-refractivity contribution in [3.05, 3.63) is 92.9 Å². The molecule has 0 saturated heterocycles. The summed E-state index contributed by atoms with van der Waals surface area (Å²) in [4.78, 5) is 41.2. The molecule has 2 N–H and O–H groups in total. The van der Waals surface area contributed by atoms with E-state index in [9.17, 15) is 27.2 Å². The van der Waals surface area contributed by atoms with E-state index >= 15 is 0 Å². The first-order valence-corrected chi connectivity index (χ1v) is 13.2. The minimum absolute atomic E-state index is 0.0220. The number of aryl methyl sites for hydroxylation is 1. The Morgan fingerprint density at radius 3 is 2.68 bits per heavy atom. The van der Waals surface area contributed by atoms with Crippen LogP contribution in [0.3, 0.4) is 0 Å². The van der Waals surface area contributed by atoms with Crippen LogP contribution in [0, 0.1) is 5.82 Å². The molecule has 0 bridgehead atoms. The van der Waals surface area contributed by atoms with E-state index in [1.165, 1.54) is 17.7 Å². The van der Waals surface area contributed by atoms with Gasteiger partial charge in [0.25, 0.3) is 15.6 Å². The van der Waals surface area contributed by atoms with Crippen molar-refractivity contribution in [1.82, 2.24) is 9.55 Å². The first-order valence-electron chi connectivity index (χ1n) is 11.7. The maximum Gasteiger partial charge on any atom is 0.328 e. The molecule has 0 atom stereocenters. The number of hydrogen-bond acceptors (Lipinski definition) is 6. The summed E-state index contributed by atoms with van der Waals surface area (Å²) in [6, 6.07) is 14.7. The molecule has 1 aliphatic rings. The predicted molar refractivity (Wildman–Crippen MR) is 140 cm³/mol. The smallest absolute Gasteiger partial charge is 0.328 e. The van der Waals surface area contributed by atoms with Crippen LogP contribution in [0.15, 0.2) is 75.1 Å². The van der Waals surface area contributed by atoms with Crippen molar-refractivity contribution in [3.63, 3.8) is 0 Å². The number of rotatable bonds is 7. The molecular weight excluding hydrogens is 515 g/mol. The number of carbonyl (C=O) groups is 1. The van der Waals surface area contributed by atoms with Crippen LogP contribution in [0.25, 0.3) is 10.9 Å². The fraction of sp³-hybridized carbons (Fsp3) is 0.192. The molecule has 0 fully saturated rings. The first kappa shape index (κ1) is 25.2. The largest absolute Gasteiger partial charge is 0.495 e. The van der Waals surface area contributed by atoms with Crippen molar-refractivity contribution in [1.29, 1.82) is 0 Å². The van der Waals surface area contributed by atoms with Crippen LogP contribution in [-0.2, 0) is 27.8 Å². The summed E-state index contributed by atoms with van der Waals surface area (Å²) in [5, 5.41) is 0.360. The zero-order valence-electron chi connectivity index (χ0n) is 20.2. The summed E-state index contributed by atoms with van der Waals surface area (Å²) in [5.41, 5.74) is 1.09. The fourth-order valence-corrected chi connectivity index (χ4v) is 5.81. The zero-order chi connectivity index (χ0) is 27.0. The number of benzene rings is 3. The molecule has 1 aromatic heterocycles. The highest BCUT2D eigenvalue weighted by atomic mass is 32.2. The predicted octanol–water partition coefficient (Wildman–Crippen LogP) is 2.62. The highest BCUT2D eigenvalue weighted by Crippen LogP contribution is 2.33. The van der Waals surface area contributed by atoms with E-state index in [0.717, 1.165) is 23.8 Å². The van der Waals surface area contributed by atoms with E-state index < -0.39 is 27.1 Å². The van der Waals surface area contributed by atoms with Gasteiger partial charge in [-0.15, -0.1) is 0 Å². The first-order chi connectivity index (χ1) is 18.2. The van der Waals surface area contributed by atoms with Crippen LogP contribution < -0.4 is 25.6 Å². The third kappa shape index (κ3) is 4.65. The Balaban J connectivity index is 1.33. The van der Waals surface area contributed by atoms with Gasteiger partial charge >= 0.3 is 5.69 Å². The van der Waals surface area contributed by atoms with Crippen LogP contribution in [-0.4, -0.2) is 37.5 Å². The molecule has 12 heteroatoms. The number of carbonyl (C=O) groups excluding carboxylic acids is 1. The van der Waals surface area contributed by atoms with E-state index in [4.69, 9.17) is 4.74 Å². The summed E-state index contributed by atoms with van der Waals surface area (Å²) in [7, 11) is -2.81. The Morgan fingerprint density at radius 1 is 1.11 bits per heavy atom. The summed E-state index contributed by atoms with van der Waals surface area (Å²) in [6.45, 7) is 0.482. The number of fused-ring (bicyclic) bond motifs is 2. The molecule has 4 aromatic rings. The Hall–Kier alpha value is -4.45. The molecule has 5 rings (SSSR count). The van der Waals surface area contributed by atoms with Gasteiger partial charge in [-0.1, -0.05) is 12.1 Å². The number of hydrogen-bond donors (Lipinski definition) is 2. The average Bonchev–Trinajstić information content (AvgIpc) is 3.31. The molecule has 10 nitrogen and oxygen atoms in total. The molecule has 1 amide bonds. The van der Waals surface area contributed by atoms with Gasteiger partial charge < -0.3 is 9.64 Å².